The van der Waals surface area contributed by atoms with Gasteiger partial charge >= 0.3 is 0 Å². The lowest BCUT2D eigenvalue weighted by atomic mass is 10.1. The van der Waals surface area contributed by atoms with E-state index in [4.69, 9.17) is 4.74 Å². The molecular weight excluding hydrogens is 318 g/mol. The van der Waals surface area contributed by atoms with Crippen LogP contribution in [-0.4, -0.2) is 31.7 Å². The van der Waals surface area contributed by atoms with Crippen molar-refractivity contribution in [2.45, 2.75) is 6.42 Å². The molecule has 1 atom stereocenters. The number of benzene rings is 2. The minimum atomic E-state index is -0.414. The van der Waals surface area contributed by atoms with Crippen LogP contribution in [0.1, 0.15) is 12.0 Å². The highest BCUT2D eigenvalue weighted by molar-refractivity contribution is 6.00. The Kier molecular flexibility index (Phi) is 5.09. The van der Waals surface area contributed by atoms with E-state index in [9.17, 15) is 9.59 Å². The average Bonchev–Trinajstić information content (AvgIpc) is 3.04. The summed E-state index contributed by atoms with van der Waals surface area (Å²) in [6.45, 7) is 0.345. The Morgan fingerprint density at radius 1 is 1.20 bits per heavy atom. The van der Waals surface area contributed by atoms with Crippen LogP contribution < -0.4 is 15.1 Å². The van der Waals surface area contributed by atoms with Crippen molar-refractivity contribution in [2.75, 3.05) is 18.6 Å². The third-order valence-electron chi connectivity index (χ3n) is 4.07. The second kappa shape index (κ2) is 7.61. The topological polar surface area (TPSA) is 71.0 Å². The zero-order valence-electron chi connectivity index (χ0n) is 13.9. The quantitative estimate of drug-likeness (QED) is 0.672. The van der Waals surface area contributed by atoms with Crippen molar-refractivity contribution in [3.63, 3.8) is 0 Å². The van der Waals surface area contributed by atoms with E-state index < -0.39 is 5.92 Å². The largest absolute Gasteiger partial charge is 0.497 e. The molecule has 0 unspecified atom stereocenters. The predicted molar refractivity (Wildman–Crippen MR) is 95.6 cm³/mol. The minimum Gasteiger partial charge on any atom is -0.497 e. The molecule has 6 heteroatoms. The molecule has 2 amide bonds. The SMILES string of the molecule is COc1ccc(N2C[C@H](C(=O)N/N=C/c3ccccc3)CC2=O)cc1. The number of methoxy groups -OCH3 is 1. The molecule has 1 fully saturated rings. The van der Waals surface area contributed by atoms with Gasteiger partial charge in [0.1, 0.15) is 5.75 Å². The fraction of sp³-hybridized carbons (Fsp3) is 0.211. The number of amides is 2. The van der Waals surface area contributed by atoms with E-state index in [0.29, 0.717) is 6.54 Å². The van der Waals surface area contributed by atoms with Gasteiger partial charge in [0.15, 0.2) is 0 Å². The van der Waals surface area contributed by atoms with Crippen molar-refractivity contribution in [3.05, 3.63) is 60.2 Å². The lowest BCUT2D eigenvalue weighted by molar-refractivity contribution is -0.126. The van der Waals surface area contributed by atoms with Gasteiger partial charge in [0.25, 0.3) is 0 Å². The van der Waals surface area contributed by atoms with Gasteiger partial charge in [-0.15, -0.1) is 0 Å². The van der Waals surface area contributed by atoms with Crippen LogP contribution >= 0.6 is 0 Å². The van der Waals surface area contributed by atoms with Crippen LogP contribution in [0, 0.1) is 5.92 Å². The highest BCUT2D eigenvalue weighted by atomic mass is 16.5. The molecule has 0 saturated carbocycles. The first-order valence-corrected chi connectivity index (χ1v) is 8.00. The summed E-state index contributed by atoms with van der Waals surface area (Å²) in [6, 6.07) is 16.7. The average molecular weight is 337 g/mol. The minimum absolute atomic E-state index is 0.0719. The van der Waals surface area contributed by atoms with Crippen LogP contribution in [0.4, 0.5) is 5.69 Å². The maximum Gasteiger partial charge on any atom is 0.245 e. The third kappa shape index (κ3) is 4.03. The Labute approximate surface area is 146 Å². The van der Waals surface area contributed by atoms with Crippen LogP contribution in [0.2, 0.25) is 0 Å². The smallest absolute Gasteiger partial charge is 0.245 e. The molecule has 0 bridgehead atoms. The number of hydrazone groups is 1. The first-order valence-electron chi connectivity index (χ1n) is 8.00. The number of carbonyl (C=O) groups is 2. The summed E-state index contributed by atoms with van der Waals surface area (Å²) in [6.07, 6.45) is 1.76. The normalized spacial score (nSPS) is 17.1. The number of nitrogens with one attached hydrogen (secondary N) is 1. The Balaban J connectivity index is 1.59. The highest BCUT2D eigenvalue weighted by Gasteiger charge is 2.35. The first kappa shape index (κ1) is 16.7. The number of rotatable bonds is 5. The van der Waals surface area contributed by atoms with Crippen molar-refractivity contribution < 1.29 is 14.3 Å². The number of hydrogen-bond acceptors (Lipinski definition) is 4. The van der Waals surface area contributed by atoms with E-state index in [1.807, 2.05) is 42.5 Å². The highest BCUT2D eigenvalue weighted by Crippen LogP contribution is 2.26. The number of carbonyl (C=O) groups excluding carboxylic acids is 2. The van der Waals surface area contributed by atoms with E-state index in [1.54, 1.807) is 30.4 Å². The lowest BCUT2D eigenvalue weighted by Gasteiger charge is -2.16. The van der Waals surface area contributed by atoms with E-state index in [2.05, 4.69) is 10.5 Å². The molecule has 0 radical (unpaired) electrons. The van der Waals surface area contributed by atoms with Crippen molar-refractivity contribution in [3.8, 4) is 5.75 Å². The molecular formula is C19H19N3O3. The van der Waals surface area contributed by atoms with Gasteiger partial charge in [-0.2, -0.15) is 5.10 Å². The van der Waals surface area contributed by atoms with Crippen molar-refractivity contribution >= 4 is 23.7 Å². The second-order valence-corrected chi connectivity index (χ2v) is 5.75. The lowest BCUT2D eigenvalue weighted by Crippen LogP contribution is -2.30. The number of anilines is 1. The van der Waals surface area contributed by atoms with Gasteiger partial charge in [-0.3, -0.25) is 9.59 Å². The van der Waals surface area contributed by atoms with E-state index in [1.165, 1.54) is 0 Å². The summed E-state index contributed by atoms with van der Waals surface area (Å²) < 4.78 is 5.12. The van der Waals surface area contributed by atoms with Gasteiger partial charge in [-0.25, -0.2) is 5.43 Å². The van der Waals surface area contributed by atoms with Gasteiger partial charge in [0, 0.05) is 18.7 Å². The molecule has 6 nitrogen and oxygen atoms in total. The summed E-state index contributed by atoms with van der Waals surface area (Å²) in [5, 5.41) is 3.96. The molecule has 0 aromatic heterocycles. The van der Waals surface area contributed by atoms with Gasteiger partial charge in [0.2, 0.25) is 11.8 Å². The molecule has 128 valence electrons. The molecule has 1 saturated heterocycles. The van der Waals surface area contributed by atoms with Crippen molar-refractivity contribution in [1.82, 2.24) is 5.43 Å². The van der Waals surface area contributed by atoms with Crippen LogP contribution in [0.15, 0.2) is 59.7 Å². The Hall–Kier alpha value is -3.15. The van der Waals surface area contributed by atoms with Crippen molar-refractivity contribution in [1.29, 1.82) is 0 Å². The van der Waals surface area contributed by atoms with Crippen molar-refractivity contribution in [2.24, 2.45) is 11.0 Å². The van der Waals surface area contributed by atoms with Gasteiger partial charge < -0.3 is 9.64 Å². The van der Waals surface area contributed by atoms with Gasteiger partial charge in [-0.1, -0.05) is 30.3 Å². The second-order valence-electron chi connectivity index (χ2n) is 5.75. The summed E-state index contributed by atoms with van der Waals surface area (Å²) >= 11 is 0. The van der Waals surface area contributed by atoms with E-state index >= 15 is 0 Å². The Bertz CT molecular complexity index is 772. The molecule has 0 spiro atoms. The number of nitrogens with zero attached hydrogens (tertiary/aromatic N) is 2. The maximum absolute atomic E-state index is 12.2. The van der Waals surface area contributed by atoms with E-state index in [0.717, 1.165) is 17.0 Å². The molecule has 25 heavy (non-hydrogen) atoms. The molecule has 3 rings (SSSR count). The predicted octanol–water partition coefficient (Wildman–Crippen LogP) is 2.20. The zero-order valence-corrected chi connectivity index (χ0v) is 13.9. The Morgan fingerprint density at radius 3 is 2.60 bits per heavy atom. The molecule has 2 aromatic rings. The molecule has 1 aliphatic heterocycles. The summed E-state index contributed by atoms with van der Waals surface area (Å²) in [5.74, 6) is -0.0173. The molecule has 2 aromatic carbocycles. The van der Waals surface area contributed by atoms with Crippen LogP contribution in [0.5, 0.6) is 5.75 Å². The van der Waals surface area contributed by atoms with Crippen LogP contribution in [0.3, 0.4) is 0 Å². The zero-order chi connectivity index (χ0) is 17.6. The first-order chi connectivity index (χ1) is 12.2. The van der Waals surface area contributed by atoms with E-state index in [-0.39, 0.29) is 18.2 Å². The number of ether oxygens (including phenoxy) is 1. The monoisotopic (exact) mass is 337 g/mol. The fourth-order valence-electron chi connectivity index (χ4n) is 2.70. The third-order valence-corrected chi connectivity index (χ3v) is 4.07. The molecule has 1 aliphatic rings. The summed E-state index contributed by atoms with van der Waals surface area (Å²) in [4.78, 5) is 26.1. The molecule has 1 N–H and O–H groups in total. The summed E-state index contributed by atoms with van der Waals surface area (Å²) in [7, 11) is 1.59. The maximum atomic E-state index is 12.2. The van der Waals surface area contributed by atoms with Crippen LogP contribution in [-0.2, 0) is 9.59 Å². The fourth-order valence-corrected chi connectivity index (χ4v) is 2.70. The Morgan fingerprint density at radius 2 is 1.92 bits per heavy atom. The summed E-state index contributed by atoms with van der Waals surface area (Å²) in [5.41, 5.74) is 4.17. The van der Waals surface area contributed by atoms with Gasteiger partial charge in [-0.05, 0) is 29.8 Å². The molecule has 1 heterocycles. The number of hydrogen-bond donors (Lipinski definition) is 1. The molecule has 0 aliphatic carbocycles. The van der Waals surface area contributed by atoms with Gasteiger partial charge in [0.05, 0.1) is 19.2 Å². The standard InChI is InChI=1S/C19H19N3O3/c1-25-17-9-7-16(8-10-17)22-13-15(11-18(22)23)19(24)21-20-12-14-5-3-2-4-6-14/h2-10,12,15H,11,13H2,1H3,(H,21,24)/b20-12+/t15-/m1/s1. The van der Waals surface area contributed by atoms with Crippen LogP contribution in [0.25, 0.3) is 0 Å².